The summed E-state index contributed by atoms with van der Waals surface area (Å²) in [5.41, 5.74) is 0.257. The lowest BCUT2D eigenvalue weighted by atomic mass is 9.73. The van der Waals surface area contributed by atoms with Crippen LogP contribution in [0.25, 0.3) is 0 Å². The van der Waals surface area contributed by atoms with Crippen LogP contribution in [-0.4, -0.2) is 70.8 Å². The van der Waals surface area contributed by atoms with Crippen molar-refractivity contribution in [1.82, 2.24) is 4.90 Å². The summed E-state index contributed by atoms with van der Waals surface area (Å²) in [6, 6.07) is 4.18. The van der Waals surface area contributed by atoms with Gasteiger partial charge in [0, 0.05) is 12.2 Å². The molecule has 192 valence electrons. The Hall–Kier alpha value is -2.97. The van der Waals surface area contributed by atoms with Gasteiger partial charge in [-0.3, -0.25) is 14.4 Å². The summed E-state index contributed by atoms with van der Waals surface area (Å²) < 4.78 is 12.4. The van der Waals surface area contributed by atoms with E-state index < -0.39 is 41.1 Å². The summed E-state index contributed by atoms with van der Waals surface area (Å²) in [6.45, 7) is 7.76. The summed E-state index contributed by atoms with van der Waals surface area (Å²) in [6.07, 6.45) is 8.51. The maximum Gasteiger partial charge on any atom is 0.313 e. The second-order valence-corrected chi connectivity index (χ2v) is 10.3. The van der Waals surface area contributed by atoms with Gasteiger partial charge in [0.15, 0.2) is 0 Å². The number of anilines is 1. The number of hydrogen-bond donors (Lipinski definition) is 1. The first-order valence-corrected chi connectivity index (χ1v) is 12.7. The van der Waals surface area contributed by atoms with Crippen LogP contribution in [0.4, 0.5) is 5.69 Å². The Balaban J connectivity index is 1.71. The zero-order valence-electron chi connectivity index (χ0n) is 21.3. The predicted molar refractivity (Wildman–Crippen MR) is 133 cm³/mol. The standard InChI is InChI=1S/C28H34N2O6/c1-5-27-12-6-7-15-35-26(34)21(27)20-24(32)30(19(4)16-31)23-25(33)29(14-9-13-28(20,23)36-27)22-17(2)10-8-11-18(22)3/h6,8-13,19-21,23,31H,5,7,14-16H2,1-4H3/t19-,20+,21-,23?,27+,28+/m1/s1. The molecule has 0 aliphatic carbocycles. The summed E-state index contributed by atoms with van der Waals surface area (Å²) in [7, 11) is 0. The van der Waals surface area contributed by atoms with Crippen LogP contribution < -0.4 is 4.90 Å². The highest BCUT2D eigenvalue weighted by atomic mass is 16.6. The largest absolute Gasteiger partial charge is 0.465 e. The average molecular weight is 495 g/mol. The number of amides is 2. The summed E-state index contributed by atoms with van der Waals surface area (Å²) in [5.74, 6) is -2.97. The number of carbonyl (C=O) groups excluding carboxylic acids is 3. The van der Waals surface area contributed by atoms with Gasteiger partial charge in [0.2, 0.25) is 5.91 Å². The Morgan fingerprint density at radius 1 is 1.08 bits per heavy atom. The van der Waals surface area contributed by atoms with E-state index in [2.05, 4.69) is 0 Å². The van der Waals surface area contributed by atoms with E-state index >= 15 is 0 Å². The van der Waals surface area contributed by atoms with Crippen LogP contribution in [0.2, 0.25) is 0 Å². The van der Waals surface area contributed by atoms with Crippen LogP contribution in [0.15, 0.2) is 42.5 Å². The Morgan fingerprint density at radius 3 is 2.47 bits per heavy atom. The molecule has 1 aromatic carbocycles. The van der Waals surface area contributed by atoms with Crippen LogP contribution in [0.3, 0.4) is 0 Å². The number of nitrogens with zero attached hydrogens (tertiary/aromatic N) is 2. The topological polar surface area (TPSA) is 96.4 Å². The predicted octanol–water partition coefficient (Wildman–Crippen LogP) is 2.45. The highest BCUT2D eigenvalue weighted by molar-refractivity contribution is 6.06. The third kappa shape index (κ3) is 3.30. The summed E-state index contributed by atoms with van der Waals surface area (Å²) >= 11 is 0. The van der Waals surface area contributed by atoms with E-state index in [0.717, 1.165) is 16.8 Å². The van der Waals surface area contributed by atoms with Gasteiger partial charge >= 0.3 is 5.97 Å². The van der Waals surface area contributed by atoms with Crippen molar-refractivity contribution in [3.63, 3.8) is 0 Å². The maximum atomic E-state index is 14.5. The molecule has 8 heteroatoms. The Bertz CT molecular complexity index is 1140. The highest BCUT2D eigenvalue weighted by Crippen LogP contribution is 2.58. The van der Waals surface area contributed by atoms with E-state index in [1.807, 2.05) is 63.3 Å². The van der Waals surface area contributed by atoms with Gasteiger partial charge in [-0.1, -0.05) is 49.4 Å². The van der Waals surface area contributed by atoms with Crippen molar-refractivity contribution in [2.75, 3.05) is 24.7 Å². The number of esters is 1. The Morgan fingerprint density at radius 2 is 1.81 bits per heavy atom. The van der Waals surface area contributed by atoms with Crippen molar-refractivity contribution in [1.29, 1.82) is 0 Å². The number of hydrogen-bond acceptors (Lipinski definition) is 6. The molecule has 1 unspecified atom stereocenters. The van der Waals surface area contributed by atoms with E-state index in [-0.39, 0.29) is 25.0 Å². The van der Waals surface area contributed by atoms with Crippen molar-refractivity contribution < 1.29 is 29.0 Å². The lowest BCUT2D eigenvalue weighted by Gasteiger charge is -2.40. The maximum absolute atomic E-state index is 14.5. The molecular formula is C28H34N2O6. The smallest absolute Gasteiger partial charge is 0.313 e. The van der Waals surface area contributed by atoms with Crippen LogP contribution >= 0.6 is 0 Å². The fraction of sp³-hybridized carbons (Fsp3) is 0.536. The summed E-state index contributed by atoms with van der Waals surface area (Å²) in [4.78, 5) is 45.1. The normalized spacial score (nSPS) is 34.5. The average Bonchev–Trinajstić information content (AvgIpc) is 3.20. The minimum atomic E-state index is -1.36. The van der Waals surface area contributed by atoms with Gasteiger partial charge in [-0.2, -0.15) is 0 Å². The van der Waals surface area contributed by atoms with Crippen molar-refractivity contribution in [3.8, 4) is 0 Å². The summed E-state index contributed by atoms with van der Waals surface area (Å²) in [5, 5.41) is 10.1. The van der Waals surface area contributed by atoms with Gasteiger partial charge in [0.25, 0.3) is 5.91 Å². The number of ether oxygens (including phenoxy) is 2. The highest BCUT2D eigenvalue weighted by Gasteiger charge is 2.75. The van der Waals surface area contributed by atoms with Gasteiger partial charge in [0.1, 0.15) is 23.2 Å². The number of fused-ring (bicyclic) bond motifs is 2. The molecule has 1 aromatic rings. The van der Waals surface area contributed by atoms with Crippen molar-refractivity contribution in [2.24, 2.45) is 11.8 Å². The van der Waals surface area contributed by atoms with E-state index in [4.69, 9.17) is 9.47 Å². The molecule has 1 N–H and O–H groups in total. The number of para-hydroxylation sites is 1. The molecule has 8 nitrogen and oxygen atoms in total. The van der Waals surface area contributed by atoms with Gasteiger partial charge in [-0.05, 0) is 44.7 Å². The first-order chi connectivity index (χ1) is 17.2. The quantitative estimate of drug-likeness (QED) is 0.510. The molecule has 4 aliphatic heterocycles. The molecule has 2 saturated heterocycles. The van der Waals surface area contributed by atoms with Crippen molar-refractivity contribution in [2.45, 2.75) is 63.8 Å². The molecule has 2 amide bonds. The molecule has 2 fully saturated rings. The van der Waals surface area contributed by atoms with Crippen molar-refractivity contribution in [3.05, 3.63) is 53.6 Å². The van der Waals surface area contributed by atoms with Gasteiger partial charge in [-0.15, -0.1) is 0 Å². The molecule has 0 radical (unpaired) electrons. The number of aliphatic hydroxyl groups excluding tert-OH is 1. The molecule has 0 bridgehead atoms. The zero-order valence-corrected chi connectivity index (χ0v) is 21.3. The molecule has 36 heavy (non-hydrogen) atoms. The third-order valence-electron chi connectivity index (χ3n) is 8.29. The van der Waals surface area contributed by atoms with E-state index in [9.17, 15) is 19.5 Å². The fourth-order valence-corrected chi connectivity index (χ4v) is 6.66. The number of carbonyl (C=O) groups is 3. The van der Waals surface area contributed by atoms with Crippen LogP contribution in [0.1, 0.15) is 37.8 Å². The minimum absolute atomic E-state index is 0.231. The van der Waals surface area contributed by atoms with E-state index in [0.29, 0.717) is 19.4 Å². The lowest BCUT2D eigenvalue weighted by Crippen LogP contribution is -2.58. The third-order valence-corrected chi connectivity index (χ3v) is 8.29. The first kappa shape index (κ1) is 24.7. The number of cyclic esters (lactones) is 1. The number of likely N-dealkylation sites (tertiary alicyclic amines) is 1. The van der Waals surface area contributed by atoms with Gasteiger partial charge < -0.3 is 24.4 Å². The van der Waals surface area contributed by atoms with Crippen molar-refractivity contribution >= 4 is 23.5 Å². The minimum Gasteiger partial charge on any atom is -0.465 e. The number of aryl methyl sites for hydroxylation is 2. The molecule has 4 aliphatic rings. The Kier molecular flexibility index (Phi) is 6.08. The van der Waals surface area contributed by atoms with Gasteiger partial charge in [-0.25, -0.2) is 0 Å². The van der Waals surface area contributed by atoms with Crippen LogP contribution in [-0.2, 0) is 23.9 Å². The Labute approximate surface area is 211 Å². The SMILES string of the molecule is CC[C@]12C=CCCOC(=O)[C@H]1[C@H]1C(=O)N([C@H](C)CO)C3C(=O)N(c4c(C)cccc4C)CC=C[C@@]31O2. The molecule has 0 saturated carbocycles. The van der Waals surface area contributed by atoms with E-state index in [1.54, 1.807) is 11.8 Å². The lowest BCUT2D eigenvalue weighted by molar-refractivity contribution is -0.161. The molecule has 0 aromatic heterocycles. The molecule has 1 spiro atoms. The van der Waals surface area contributed by atoms with Gasteiger partial charge in [0.05, 0.1) is 25.2 Å². The van der Waals surface area contributed by atoms with Crippen LogP contribution in [0.5, 0.6) is 0 Å². The number of aliphatic hydroxyl groups is 1. The van der Waals surface area contributed by atoms with E-state index in [1.165, 1.54) is 4.90 Å². The molecule has 6 atom stereocenters. The number of rotatable bonds is 4. The second kappa shape index (κ2) is 8.85. The molecular weight excluding hydrogens is 460 g/mol. The van der Waals surface area contributed by atoms with Crippen LogP contribution in [0, 0.1) is 25.7 Å². The molecule has 4 heterocycles. The second-order valence-electron chi connectivity index (χ2n) is 10.3. The molecule has 5 rings (SSSR count). The monoisotopic (exact) mass is 494 g/mol. The first-order valence-electron chi connectivity index (χ1n) is 12.7. The number of benzene rings is 1. The fourth-order valence-electron chi connectivity index (χ4n) is 6.66. The zero-order chi connectivity index (χ0) is 25.8.